The van der Waals surface area contributed by atoms with E-state index in [4.69, 9.17) is 0 Å². The maximum Gasteiger partial charge on any atom is 0.224 e. The van der Waals surface area contributed by atoms with Gasteiger partial charge in [-0.3, -0.25) is 0 Å². The van der Waals surface area contributed by atoms with Gasteiger partial charge in [0.05, 0.1) is 10.1 Å². The van der Waals surface area contributed by atoms with E-state index in [1.54, 1.807) is 31.4 Å². The van der Waals surface area contributed by atoms with Crippen LogP contribution in [0.3, 0.4) is 0 Å². The highest BCUT2D eigenvalue weighted by Crippen LogP contribution is 2.26. The van der Waals surface area contributed by atoms with Gasteiger partial charge in [-0.05, 0) is 51.1 Å². The number of hydrogen-bond donors (Lipinski definition) is 3. The average Bonchev–Trinajstić information content (AvgIpc) is 2.64. The van der Waals surface area contributed by atoms with E-state index < -0.39 is 9.84 Å². The molecule has 3 N–H and O–H groups in total. The molecule has 3 rings (SSSR count). The van der Waals surface area contributed by atoms with E-state index in [2.05, 4.69) is 25.9 Å². The van der Waals surface area contributed by atoms with E-state index in [0.29, 0.717) is 35.2 Å². The van der Waals surface area contributed by atoms with E-state index >= 15 is 0 Å². The normalized spacial score (nSPS) is 15.8. The van der Waals surface area contributed by atoms with Crippen molar-refractivity contribution in [1.29, 1.82) is 0 Å². The second-order valence-electron chi connectivity index (χ2n) is 6.12. The molecule has 1 aliphatic heterocycles. The third-order valence-corrected chi connectivity index (χ3v) is 6.61. The second-order valence-corrected chi connectivity index (χ2v) is 8.35. The van der Waals surface area contributed by atoms with Crippen LogP contribution in [0.5, 0.6) is 0 Å². The summed E-state index contributed by atoms with van der Waals surface area (Å²) in [6, 6.07) is 6.93. The summed E-state index contributed by atoms with van der Waals surface area (Å²) in [5.41, 5.74) is 1.57. The van der Waals surface area contributed by atoms with Crippen molar-refractivity contribution in [2.75, 3.05) is 30.8 Å². The number of aromatic nitrogens is 2. The molecule has 7 nitrogen and oxygen atoms in total. The molecule has 1 saturated heterocycles. The van der Waals surface area contributed by atoms with Gasteiger partial charge < -0.3 is 16.0 Å². The van der Waals surface area contributed by atoms with Crippen molar-refractivity contribution in [3.63, 3.8) is 0 Å². The van der Waals surface area contributed by atoms with Crippen molar-refractivity contribution in [3.8, 4) is 0 Å². The van der Waals surface area contributed by atoms with Crippen LogP contribution in [-0.2, 0) is 9.84 Å². The first-order valence-corrected chi connectivity index (χ1v) is 9.88. The van der Waals surface area contributed by atoms with Gasteiger partial charge in [-0.1, -0.05) is 6.07 Å². The van der Waals surface area contributed by atoms with Crippen LogP contribution in [0.1, 0.15) is 18.4 Å². The van der Waals surface area contributed by atoms with Crippen molar-refractivity contribution in [2.45, 2.75) is 29.9 Å². The van der Waals surface area contributed by atoms with Gasteiger partial charge in [0, 0.05) is 24.5 Å². The molecule has 0 saturated carbocycles. The molecule has 2 aromatic rings. The highest BCUT2D eigenvalue weighted by Gasteiger charge is 2.28. The largest absolute Gasteiger partial charge is 0.357 e. The number of hydrogen-bond acceptors (Lipinski definition) is 7. The van der Waals surface area contributed by atoms with Crippen LogP contribution in [0.4, 0.5) is 17.5 Å². The Balaban J connectivity index is 1.87. The maximum atomic E-state index is 12.9. The van der Waals surface area contributed by atoms with Crippen molar-refractivity contribution in [2.24, 2.45) is 0 Å². The molecule has 0 atom stereocenters. The van der Waals surface area contributed by atoms with Gasteiger partial charge in [-0.15, -0.1) is 0 Å². The van der Waals surface area contributed by atoms with Gasteiger partial charge >= 0.3 is 0 Å². The molecule has 1 fully saturated rings. The van der Waals surface area contributed by atoms with E-state index in [1.807, 2.05) is 13.0 Å². The Morgan fingerprint density at radius 3 is 2.72 bits per heavy atom. The number of piperidine rings is 1. The maximum absolute atomic E-state index is 12.9. The van der Waals surface area contributed by atoms with Crippen LogP contribution < -0.4 is 16.0 Å². The summed E-state index contributed by atoms with van der Waals surface area (Å²) in [7, 11) is -1.57. The molecule has 8 heteroatoms. The molecule has 1 aromatic carbocycles. The Kier molecular flexibility index (Phi) is 5.19. The van der Waals surface area contributed by atoms with Crippen molar-refractivity contribution < 1.29 is 8.42 Å². The predicted molar refractivity (Wildman–Crippen MR) is 99.1 cm³/mol. The molecule has 1 aromatic heterocycles. The van der Waals surface area contributed by atoms with Crippen LogP contribution in [-0.4, -0.2) is 43.8 Å². The third-order valence-electron chi connectivity index (χ3n) is 4.35. The lowest BCUT2D eigenvalue weighted by Crippen LogP contribution is -2.35. The first-order chi connectivity index (χ1) is 12.0. The standard InChI is InChI=1S/C17H23N5O2S/c1-12-11-20-17(18-2)22-16(12)21-13-4-3-5-15(10-13)25(23,24)14-6-8-19-9-7-14/h3-5,10-11,14,19H,6-9H2,1-2H3,(H2,18,20,21,22). The Morgan fingerprint density at radius 1 is 1.24 bits per heavy atom. The van der Waals surface area contributed by atoms with Gasteiger partial charge in [0.25, 0.3) is 0 Å². The Hall–Kier alpha value is -2.19. The minimum Gasteiger partial charge on any atom is -0.357 e. The summed E-state index contributed by atoms with van der Waals surface area (Å²) in [6.07, 6.45) is 3.02. The quantitative estimate of drug-likeness (QED) is 0.750. The molecule has 25 heavy (non-hydrogen) atoms. The van der Waals surface area contributed by atoms with Gasteiger partial charge in [0.15, 0.2) is 9.84 Å². The monoisotopic (exact) mass is 361 g/mol. The molecule has 0 bridgehead atoms. The molecule has 1 aliphatic rings. The Labute approximate surface area is 148 Å². The molecule has 0 aliphatic carbocycles. The Bertz CT molecular complexity index is 848. The van der Waals surface area contributed by atoms with Crippen molar-refractivity contribution in [1.82, 2.24) is 15.3 Å². The highest BCUT2D eigenvalue weighted by atomic mass is 32.2. The fraction of sp³-hybridized carbons (Fsp3) is 0.412. The summed E-state index contributed by atoms with van der Waals surface area (Å²) >= 11 is 0. The van der Waals surface area contributed by atoms with E-state index in [9.17, 15) is 8.42 Å². The van der Waals surface area contributed by atoms with Crippen LogP contribution in [0, 0.1) is 6.92 Å². The van der Waals surface area contributed by atoms with Crippen LogP contribution in [0.15, 0.2) is 35.4 Å². The molecule has 2 heterocycles. The topological polar surface area (TPSA) is 96.0 Å². The fourth-order valence-electron chi connectivity index (χ4n) is 2.87. The molecule has 0 radical (unpaired) electrons. The van der Waals surface area contributed by atoms with Gasteiger partial charge in [0.1, 0.15) is 5.82 Å². The van der Waals surface area contributed by atoms with E-state index in [0.717, 1.165) is 18.7 Å². The number of sulfone groups is 1. The minimum absolute atomic E-state index is 0.319. The molecule has 0 unspecified atom stereocenters. The molecule has 0 spiro atoms. The summed E-state index contributed by atoms with van der Waals surface area (Å²) in [6.45, 7) is 3.39. The highest BCUT2D eigenvalue weighted by molar-refractivity contribution is 7.92. The first kappa shape index (κ1) is 17.6. The zero-order valence-electron chi connectivity index (χ0n) is 14.4. The van der Waals surface area contributed by atoms with E-state index in [-0.39, 0.29) is 5.25 Å². The van der Waals surface area contributed by atoms with Gasteiger partial charge in [-0.2, -0.15) is 4.98 Å². The Morgan fingerprint density at radius 2 is 2.00 bits per heavy atom. The summed E-state index contributed by atoms with van der Waals surface area (Å²) in [4.78, 5) is 8.88. The summed E-state index contributed by atoms with van der Waals surface area (Å²) < 4.78 is 25.7. The smallest absolute Gasteiger partial charge is 0.224 e. The number of rotatable bonds is 5. The third kappa shape index (κ3) is 3.91. The van der Waals surface area contributed by atoms with Gasteiger partial charge in [-0.25, -0.2) is 13.4 Å². The zero-order chi connectivity index (χ0) is 17.9. The molecular weight excluding hydrogens is 338 g/mol. The summed E-state index contributed by atoms with van der Waals surface area (Å²) in [5.74, 6) is 1.15. The lowest BCUT2D eigenvalue weighted by molar-refractivity contribution is 0.496. The van der Waals surface area contributed by atoms with Crippen LogP contribution >= 0.6 is 0 Å². The lowest BCUT2D eigenvalue weighted by Gasteiger charge is -2.23. The predicted octanol–water partition coefficient (Wildman–Crippen LogP) is 2.10. The number of aryl methyl sites for hydroxylation is 1. The number of benzene rings is 1. The number of nitrogens with zero attached hydrogens (tertiary/aromatic N) is 2. The SMILES string of the molecule is CNc1ncc(C)c(Nc2cccc(S(=O)(=O)C3CCNCC3)c2)n1. The molecular formula is C17H23N5O2S. The zero-order valence-corrected chi connectivity index (χ0v) is 15.2. The minimum atomic E-state index is -3.32. The molecule has 134 valence electrons. The van der Waals surface area contributed by atoms with Crippen LogP contribution in [0.2, 0.25) is 0 Å². The number of nitrogens with one attached hydrogen (secondary N) is 3. The van der Waals surface area contributed by atoms with Crippen molar-refractivity contribution >= 4 is 27.3 Å². The lowest BCUT2D eigenvalue weighted by atomic mass is 10.2. The van der Waals surface area contributed by atoms with Crippen LogP contribution in [0.25, 0.3) is 0 Å². The average molecular weight is 361 g/mol. The fourth-order valence-corrected chi connectivity index (χ4v) is 4.68. The second kappa shape index (κ2) is 7.37. The van der Waals surface area contributed by atoms with E-state index in [1.165, 1.54) is 0 Å². The first-order valence-electron chi connectivity index (χ1n) is 8.34. The van der Waals surface area contributed by atoms with Gasteiger partial charge in [0.2, 0.25) is 5.95 Å². The molecule has 0 amide bonds. The van der Waals surface area contributed by atoms with Crippen molar-refractivity contribution in [3.05, 3.63) is 36.0 Å². The summed E-state index contributed by atoms with van der Waals surface area (Å²) in [5, 5.41) is 8.97. The number of anilines is 3.